The number of rotatable bonds is 4. The van der Waals surface area contributed by atoms with E-state index in [0.29, 0.717) is 0 Å². The molecule has 0 unspecified atom stereocenters. The van der Waals surface area contributed by atoms with E-state index in [0.717, 1.165) is 17.1 Å². The third-order valence-electron chi connectivity index (χ3n) is 11.7. The van der Waals surface area contributed by atoms with Gasteiger partial charge in [0.2, 0.25) is 0 Å². The highest BCUT2D eigenvalue weighted by atomic mass is 15.1. The maximum atomic E-state index is 2.50. The smallest absolute Gasteiger partial charge is 0.0582 e. The zero-order chi connectivity index (χ0) is 35.3. The van der Waals surface area contributed by atoms with Crippen molar-refractivity contribution in [3.8, 4) is 16.8 Å². The molecule has 0 aliphatic carbocycles. The summed E-state index contributed by atoms with van der Waals surface area (Å²) in [5.41, 5.74) is 12.4. The lowest BCUT2D eigenvalue weighted by Gasteiger charge is -2.34. The average Bonchev–Trinajstić information content (AvgIpc) is 3.54. The number of hydrogen-bond donors (Lipinski definition) is 0. The largest absolute Gasteiger partial charge is 0.309 e. The molecule has 0 radical (unpaired) electrons. The summed E-state index contributed by atoms with van der Waals surface area (Å²) < 4.78 is 2.50. The SMILES string of the molecule is CC1(C)c2ccccc2-n2c3ccc(-c4cccc5c(N(c6cccc7ccccc67)c6cccc7ccccc67)cccc45)cc3c3cccc1c32. The highest BCUT2D eigenvalue weighted by Gasteiger charge is 2.34. The first kappa shape index (κ1) is 30.0. The second kappa shape index (κ2) is 11.2. The molecule has 1 aromatic heterocycles. The van der Waals surface area contributed by atoms with Crippen molar-refractivity contribution in [2.45, 2.75) is 19.3 Å². The van der Waals surface area contributed by atoms with E-state index in [9.17, 15) is 0 Å². The van der Waals surface area contributed by atoms with Gasteiger partial charge in [0.1, 0.15) is 0 Å². The van der Waals surface area contributed by atoms with Crippen molar-refractivity contribution in [2.75, 3.05) is 4.90 Å². The van der Waals surface area contributed by atoms with E-state index in [2.05, 4.69) is 205 Å². The van der Waals surface area contributed by atoms with Crippen LogP contribution in [0.1, 0.15) is 25.0 Å². The molecule has 2 nitrogen and oxygen atoms in total. The molecule has 0 bridgehead atoms. The van der Waals surface area contributed by atoms with Crippen molar-refractivity contribution in [1.82, 2.24) is 4.57 Å². The molecule has 0 saturated carbocycles. The van der Waals surface area contributed by atoms with E-state index in [1.807, 2.05) is 0 Å². The normalized spacial score (nSPS) is 13.2. The highest BCUT2D eigenvalue weighted by Crippen LogP contribution is 2.49. The molecule has 250 valence electrons. The van der Waals surface area contributed by atoms with Crippen LogP contribution in [0.5, 0.6) is 0 Å². The summed E-state index contributed by atoms with van der Waals surface area (Å²) in [6.45, 7) is 4.72. The molecular weight excluding hydrogens is 641 g/mol. The van der Waals surface area contributed by atoms with Gasteiger partial charge in [0.25, 0.3) is 0 Å². The van der Waals surface area contributed by atoms with Gasteiger partial charge < -0.3 is 9.47 Å². The Morgan fingerprint density at radius 3 is 1.70 bits per heavy atom. The summed E-state index contributed by atoms with van der Waals surface area (Å²) in [4.78, 5) is 2.48. The lowest BCUT2D eigenvalue weighted by atomic mass is 9.75. The molecule has 11 rings (SSSR count). The number of fused-ring (bicyclic) bond motifs is 8. The first-order valence-electron chi connectivity index (χ1n) is 18.5. The first-order valence-corrected chi connectivity index (χ1v) is 18.5. The van der Waals surface area contributed by atoms with Gasteiger partial charge in [-0.2, -0.15) is 0 Å². The fourth-order valence-corrected chi connectivity index (χ4v) is 9.27. The number of benzene rings is 9. The molecular formula is C51H36N2. The Morgan fingerprint density at radius 2 is 0.943 bits per heavy atom. The van der Waals surface area contributed by atoms with Gasteiger partial charge in [0, 0.05) is 32.3 Å². The van der Waals surface area contributed by atoms with Crippen LogP contribution >= 0.6 is 0 Å². The van der Waals surface area contributed by atoms with E-state index >= 15 is 0 Å². The van der Waals surface area contributed by atoms with Gasteiger partial charge in [-0.15, -0.1) is 0 Å². The molecule has 0 atom stereocenters. The van der Waals surface area contributed by atoms with E-state index in [4.69, 9.17) is 0 Å². The van der Waals surface area contributed by atoms with E-state index in [-0.39, 0.29) is 5.41 Å². The second-order valence-corrected chi connectivity index (χ2v) is 14.9. The van der Waals surface area contributed by atoms with Gasteiger partial charge in [0.05, 0.1) is 33.8 Å². The predicted molar refractivity (Wildman–Crippen MR) is 226 cm³/mol. The van der Waals surface area contributed by atoms with Gasteiger partial charge in [-0.3, -0.25) is 0 Å². The van der Waals surface area contributed by atoms with Crippen LogP contribution in [0.25, 0.3) is 70.9 Å². The molecule has 0 N–H and O–H groups in total. The standard InChI is InChI=1S/C51H36N2/c1-51(2)43-24-7-8-26-49(43)53-48-31-30-35(32-42(48)41-23-12-25-44(51)50(41)53)36-20-11-22-40-39(36)21-13-29-47(40)52(45-27-9-16-33-14-3-5-18-37(33)45)46-28-10-17-34-15-4-6-19-38(34)46/h3-32H,1-2H3. The number of nitrogens with zero attached hydrogens (tertiary/aromatic N) is 2. The van der Waals surface area contributed by atoms with Crippen LogP contribution in [0.3, 0.4) is 0 Å². The van der Waals surface area contributed by atoms with Crippen molar-refractivity contribution >= 4 is 71.2 Å². The lowest BCUT2D eigenvalue weighted by molar-refractivity contribution is 0.630. The third kappa shape index (κ3) is 4.27. The summed E-state index contributed by atoms with van der Waals surface area (Å²) >= 11 is 0. The van der Waals surface area contributed by atoms with Crippen molar-refractivity contribution in [1.29, 1.82) is 0 Å². The Morgan fingerprint density at radius 1 is 0.415 bits per heavy atom. The number of para-hydroxylation sites is 2. The lowest BCUT2D eigenvalue weighted by Crippen LogP contribution is -2.26. The maximum absolute atomic E-state index is 2.50. The molecule has 1 aliphatic rings. The van der Waals surface area contributed by atoms with Crippen LogP contribution in [0.15, 0.2) is 182 Å². The van der Waals surface area contributed by atoms with Gasteiger partial charge in [0.15, 0.2) is 0 Å². The Hall–Kier alpha value is -6.64. The summed E-state index contributed by atoms with van der Waals surface area (Å²) in [6, 6.07) is 67.2. The van der Waals surface area contributed by atoms with Crippen LogP contribution in [0.2, 0.25) is 0 Å². The van der Waals surface area contributed by atoms with Crippen molar-refractivity contribution in [3.05, 3.63) is 193 Å². The van der Waals surface area contributed by atoms with Crippen LogP contribution in [-0.2, 0) is 5.41 Å². The van der Waals surface area contributed by atoms with Crippen molar-refractivity contribution < 1.29 is 0 Å². The molecule has 9 aromatic carbocycles. The van der Waals surface area contributed by atoms with E-state index in [1.165, 1.54) is 82.1 Å². The Bertz CT molecular complexity index is 3020. The monoisotopic (exact) mass is 676 g/mol. The molecule has 0 amide bonds. The van der Waals surface area contributed by atoms with Gasteiger partial charge >= 0.3 is 0 Å². The highest BCUT2D eigenvalue weighted by molar-refractivity contribution is 6.15. The molecule has 2 heteroatoms. The molecule has 0 saturated heterocycles. The molecule has 0 spiro atoms. The number of aromatic nitrogens is 1. The molecule has 10 aromatic rings. The number of anilines is 3. The van der Waals surface area contributed by atoms with Crippen molar-refractivity contribution in [3.63, 3.8) is 0 Å². The van der Waals surface area contributed by atoms with Crippen LogP contribution in [0.4, 0.5) is 17.1 Å². The van der Waals surface area contributed by atoms with Gasteiger partial charge in [-0.25, -0.2) is 0 Å². The summed E-state index contributed by atoms with van der Waals surface area (Å²) in [6.07, 6.45) is 0. The maximum Gasteiger partial charge on any atom is 0.0582 e. The van der Waals surface area contributed by atoms with Crippen molar-refractivity contribution in [2.24, 2.45) is 0 Å². The minimum absolute atomic E-state index is 0.0879. The second-order valence-electron chi connectivity index (χ2n) is 14.9. The topological polar surface area (TPSA) is 8.17 Å². The third-order valence-corrected chi connectivity index (χ3v) is 11.7. The zero-order valence-corrected chi connectivity index (χ0v) is 29.7. The summed E-state index contributed by atoms with van der Waals surface area (Å²) in [5, 5.41) is 9.93. The zero-order valence-electron chi connectivity index (χ0n) is 29.7. The summed E-state index contributed by atoms with van der Waals surface area (Å²) in [7, 11) is 0. The minimum atomic E-state index is -0.0879. The molecule has 1 aliphatic heterocycles. The van der Waals surface area contributed by atoms with Crippen LogP contribution < -0.4 is 4.90 Å². The fraction of sp³-hybridized carbons (Fsp3) is 0.0588. The molecule has 0 fully saturated rings. The quantitative estimate of drug-likeness (QED) is 0.180. The van der Waals surface area contributed by atoms with E-state index < -0.39 is 0 Å². The summed E-state index contributed by atoms with van der Waals surface area (Å²) in [5.74, 6) is 0. The predicted octanol–water partition coefficient (Wildman–Crippen LogP) is 14.0. The van der Waals surface area contributed by atoms with Crippen LogP contribution in [0, 0.1) is 0 Å². The minimum Gasteiger partial charge on any atom is -0.309 e. The first-order chi connectivity index (χ1) is 26.1. The molecule has 2 heterocycles. The van der Waals surface area contributed by atoms with Crippen LogP contribution in [-0.4, -0.2) is 4.57 Å². The van der Waals surface area contributed by atoms with Gasteiger partial charge in [-0.05, 0) is 74.8 Å². The Balaban J connectivity index is 1.16. The fourth-order valence-electron chi connectivity index (χ4n) is 9.27. The van der Waals surface area contributed by atoms with Gasteiger partial charge in [-0.1, -0.05) is 159 Å². The molecule has 53 heavy (non-hydrogen) atoms. The average molecular weight is 677 g/mol. The number of hydrogen-bond acceptors (Lipinski definition) is 1. The van der Waals surface area contributed by atoms with E-state index in [1.54, 1.807) is 0 Å². The Kier molecular flexibility index (Phi) is 6.33. The Labute approximate surface area is 308 Å².